The minimum Gasteiger partial charge on any atom is -0.460 e. The molecule has 0 radical (unpaired) electrons. The summed E-state index contributed by atoms with van der Waals surface area (Å²) in [5.74, 6) is 0.949. The Kier molecular flexibility index (Phi) is 10.7. The Hall–Kier alpha value is -3.68. The van der Waals surface area contributed by atoms with Crippen molar-refractivity contribution in [2.24, 2.45) is 11.8 Å². The van der Waals surface area contributed by atoms with Crippen LogP contribution in [0.1, 0.15) is 51.2 Å². The molecule has 0 spiro atoms. The van der Waals surface area contributed by atoms with Crippen molar-refractivity contribution in [3.63, 3.8) is 0 Å². The lowest BCUT2D eigenvalue weighted by atomic mass is 10.0. The lowest BCUT2D eigenvalue weighted by Crippen LogP contribution is -2.27. The summed E-state index contributed by atoms with van der Waals surface area (Å²) in [5, 5.41) is 2.98. The van der Waals surface area contributed by atoms with E-state index in [0.29, 0.717) is 25.0 Å². The number of fused-ring (bicyclic) bond motifs is 1. The van der Waals surface area contributed by atoms with Gasteiger partial charge in [-0.3, -0.25) is 10.1 Å². The summed E-state index contributed by atoms with van der Waals surface area (Å²) in [5.41, 5.74) is 4.94. The van der Waals surface area contributed by atoms with E-state index in [4.69, 9.17) is 14.2 Å². The van der Waals surface area contributed by atoms with E-state index in [2.05, 4.69) is 34.5 Å². The SMILES string of the molecule is CC(C)(C)OC(=O)CCOCCc1ccc(CCN2CC3CC(OC(=O)Nc4ccccc4-c4ccccc4)CC3C2)cc1. The monoisotopic (exact) mass is 598 g/mol. The molecule has 1 heterocycles. The second kappa shape index (κ2) is 14.9. The second-order valence-electron chi connectivity index (χ2n) is 13.1. The quantitative estimate of drug-likeness (QED) is 0.176. The van der Waals surface area contributed by atoms with Gasteiger partial charge in [0.2, 0.25) is 0 Å². The number of benzene rings is 3. The van der Waals surface area contributed by atoms with Crippen molar-refractivity contribution in [2.75, 3.05) is 38.2 Å². The average molecular weight is 599 g/mol. The summed E-state index contributed by atoms with van der Waals surface area (Å²) in [4.78, 5) is 27.1. The van der Waals surface area contributed by atoms with Gasteiger partial charge < -0.3 is 19.1 Å². The van der Waals surface area contributed by atoms with Crippen molar-refractivity contribution in [3.8, 4) is 11.1 Å². The average Bonchev–Trinajstić information content (AvgIpc) is 3.54. The maximum Gasteiger partial charge on any atom is 0.411 e. The number of carbonyl (C=O) groups excluding carboxylic acids is 2. The smallest absolute Gasteiger partial charge is 0.411 e. The highest BCUT2D eigenvalue weighted by molar-refractivity contribution is 5.91. The molecule has 3 aromatic rings. The van der Waals surface area contributed by atoms with Crippen LogP contribution in [0, 0.1) is 11.8 Å². The molecule has 1 aliphatic carbocycles. The van der Waals surface area contributed by atoms with Crippen molar-refractivity contribution >= 4 is 17.7 Å². The number of likely N-dealkylation sites (tertiary alicyclic amines) is 1. The molecule has 5 rings (SSSR count). The van der Waals surface area contributed by atoms with Gasteiger partial charge in [0.25, 0.3) is 0 Å². The van der Waals surface area contributed by atoms with Crippen LogP contribution in [0.2, 0.25) is 0 Å². The highest BCUT2D eigenvalue weighted by Crippen LogP contribution is 2.39. The van der Waals surface area contributed by atoms with Crippen LogP contribution in [0.4, 0.5) is 10.5 Å². The van der Waals surface area contributed by atoms with E-state index >= 15 is 0 Å². The molecule has 3 aromatic carbocycles. The van der Waals surface area contributed by atoms with Crippen LogP contribution >= 0.6 is 0 Å². The molecule has 0 bridgehead atoms. The summed E-state index contributed by atoms with van der Waals surface area (Å²) < 4.78 is 16.8. The van der Waals surface area contributed by atoms with Crippen molar-refractivity contribution in [1.29, 1.82) is 0 Å². The highest BCUT2D eigenvalue weighted by Gasteiger charge is 2.42. The number of para-hydroxylation sites is 1. The maximum atomic E-state index is 12.8. The third kappa shape index (κ3) is 9.41. The van der Waals surface area contributed by atoms with Crippen LogP contribution in [0.25, 0.3) is 11.1 Å². The number of rotatable bonds is 12. The zero-order valence-corrected chi connectivity index (χ0v) is 26.3. The van der Waals surface area contributed by atoms with E-state index in [1.165, 1.54) is 11.1 Å². The zero-order valence-electron chi connectivity index (χ0n) is 26.3. The number of carbonyl (C=O) groups is 2. The summed E-state index contributed by atoms with van der Waals surface area (Å²) >= 11 is 0. The normalized spacial score (nSPS) is 19.8. The molecule has 2 atom stereocenters. The van der Waals surface area contributed by atoms with Crippen LogP contribution in [0.5, 0.6) is 0 Å². The fraction of sp³-hybridized carbons (Fsp3) is 0.459. The van der Waals surface area contributed by atoms with Gasteiger partial charge in [0, 0.05) is 25.2 Å². The van der Waals surface area contributed by atoms with Crippen LogP contribution in [-0.2, 0) is 31.8 Å². The van der Waals surface area contributed by atoms with E-state index < -0.39 is 5.60 Å². The molecule has 1 saturated carbocycles. The van der Waals surface area contributed by atoms with Crippen molar-refractivity contribution in [3.05, 3.63) is 90.0 Å². The molecule has 234 valence electrons. The summed E-state index contributed by atoms with van der Waals surface area (Å²) in [7, 11) is 0. The van der Waals surface area contributed by atoms with Crippen molar-refractivity contribution in [1.82, 2.24) is 4.90 Å². The van der Waals surface area contributed by atoms with Gasteiger partial charge in [-0.2, -0.15) is 0 Å². The number of esters is 1. The third-order valence-electron chi connectivity index (χ3n) is 8.45. The Morgan fingerprint density at radius 1 is 0.818 bits per heavy atom. The molecule has 1 aliphatic heterocycles. The number of nitrogens with zero attached hydrogens (tertiary/aromatic N) is 1. The first kappa shape index (κ1) is 31.7. The Labute approximate surface area is 261 Å². The van der Waals surface area contributed by atoms with Gasteiger partial charge in [0.1, 0.15) is 11.7 Å². The zero-order chi connectivity index (χ0) is 30.9. The van der Waals surface area contributed by atoms with Crippen LogP contribution in [-0.4, -0.2) is 61.5 Å². The molecule has 7 heteroatoms. The third-order valence-corrected chi connectivity index (χ3v) is 8.45. The van der Waals surface area contributed by atoms with Gasteiger partial charge in [0.05, 0.1) is 25.3 Å². The number of hydrogen-bond acceptors (Lipinski definition) is 6. The van der Waals surface area contributed by atoms with E-state index in [1.807, 2.05) is 75.4 Å². The summed E-state index contributed by atoms with van der Waals surface area (Å²) in [6.45, 7) is 9.77. The number of nitrogens with one attached hydrogen (secondary N) is 1. The molecule has 44 heavy (non-hydrogen) atoms. The molecule has 2 aliphatic rings. The number of amides is 1. The van der Waals surface area contributed by atoms with Crippen LogP contribution < -0.4 is 5.32 Å². The van der Waals surface area contributed by atoms with E-state index in [-0.39, 0.29) is 24.6 Å². The van der Waals surface area contributed by atoms with E-state index in [9.17, 15) is 9.59 Å². The molecule has 2 fully saturated rings. The largest absolute Gasteiger partial charge is 0.460 e. The minimum absolute atomic E-state index is 0.0233. The lowest BCUT2D eigenvalue weighted by molar-refractivity contribution is -0.156. The van der Waals surface area contributed by atoms with Crippen LogP contribution in [0.15, 0.2) is 78.9 Å². The van der Waals surface area contributed by atoms with Gasteiger partial charge in [-0.15, -0.1) is 0 Å². The van der Waals surface area contributed by atoms with E-state index in [1.54, 1.807) is 0 Å². The van der Waals surface area contributed by atoms with Gasteiger partial charge in [-0.25, -0.2) is 4.79 Å². The molecular weight excluding hydrogens is 552 g/mol. The minimum atomic E-state index is -0.457. The topological polar surface area (TPSA) is 77.1 Å². The standard InChI is InChI=1S/C37H46N2O5/c1-37(2,3)44-35(40)19-22-42-21-18-28-15-13-27(14-16-28)17-20-39-25-30-23-32(24-31(30)26-39)43-36(41)38-34-12-8-7-11-33(34)29-9-5-4-6-10-29/h4-16,30-32H,17-26H2,1-3H3,(H,38,41). The van der Waals surface area contributed by atoms with Gasteiger partial charge in [-0.05, 0) is 81.0 Å². The van der Waals surface area contributed by atoms with Gasteiger partial charge >= 0.3 is 12.1 Å². The Bertz CT molecular complexity index is 1350. The Balaban J connectivity index is 0.977. The Morgan fingerprint density at radius 3 is 2.14 bits per heavy atom. The molecule has 7 nitrogen and oxygen atoms in total. The van der Waals surface area contributed by atoms with Crippen molar-refractivity contribution < 1.29 is 23.8 Å². The molecule has 1 N–H and O–H groups in total. The molecular formula is C37H46N2O5. The lowest BCUT2D eigenvalue weighted by Gasteiger charge is -2.20. The first-order chi connectivity index (χ1) is 21.2. The summed E-state index contributed by atoms with van der Waals surface area (Å²) in [6, 6.07) is 26.7. The fourth-order valence-corrected chi connectivity index (χ4v) is 6.37. The maximum absolute atomic E-state index is 12.8. The number of ether oxygens (including phenoxy) is 3. The van der Waals surface area contributed by atoms with Crippen molar-refractivity contribution in [2.45, 2.75) is 64.6 Å². The number of anilines is 1. The fourth-order valence-electron chi connectivity index (χ4n) is 6.37. The highest BCUT2D eigenvalue weighted by atomic mass is 16.6. The summed E-state index contributed by atoms with van der Waals surface area (Å²) in [6.07, 6.45) is 3.60. The van der Waals surface area contributed by atoms with Gasteiger partial charge in [-0.1, -0.05) is 72.8 Å². The first-order valence-electron chi connectivity index (χ1n) is 15.9. The second-order valence-corrected chi connectivity index (χ2v) is 13.1. The predicted octanol–water partition coefficient (Wildman–Crippen LogP) is 7.15. The molecule has 1 amide bonds. The van der Waals surface area contributed by atoms with Gasteiger partial charge in [0.15, 0.2) is 0 Å². The first-order valence-corrected chi connectivity index (χ1v) is 15.9. The predicted molar refractivity (Wildman–Crippen MR) is 174 cm³/mol. The molecule has 2 unspecified atom stereocenters. The molecule has 1 saturated heterocycles. The van der Waals surface area contributed by atoms with Crippen LogP contribution in [0.3, 0.4) is 0 Å². The van der Waals surface area contributed by atoms with E-state index in [0.717, 1.165) is 62.1 Å². The number of hydrogen-bond donors (Lipinski definition) is 1. The Morgan fingerprint density at radius 2 is 1.45 bits per heavy atom. The molecule has 0 aromatic heterocycles.